The van der Waals surface area contributed by atoms with E-state index >= 15 is 0 Å². The molecule has 1 heterocycles. The number of amides is 1. The molecule has 1 aromatic carbocycles. The van der Waals surface area contributed by atoms with Crippen LogP contribution >= 0.6 is 0 Å². The zero-order chi connectivity index (χ0) is 20.1. The van der Waals surface area contributed by atoms with Crippen LogP contribution in [0.4, 0.5) is 0 Å². The van der Waals surface area contributed by atoms with Crippen LogP contribution in [0.5, 0.6) is 5.75 Å². The Kier molecular flexibility index (Phi) is 4.43. The highest BCUT2D eigenvalue weighted by atomic mass is 16.5. The lowest BCUT2D eigenvalue weighted by atomic mass is 9.49. The molecule has 0 spiro atoms. The van der Waals surface area contributed by atoms with Gasteiger partial charge in [0.2, 0.25) is 0 Å². The molecule has 0 atom stereocenters. The van der Waals surface area contributed by atoms with Crippen LogP contribution in [0.15, 0.2) is 34.7 Å². The second-order valence-electron chi connectivity index (χ2n) is 10.4. The van der Waals surface area contributed by atoms with Gasteiger partial charge in [-0.3, -0.25) is 4.79 Å². The number of hydrogen-bond acceptors (Lipinski definition) is 3. The summed E-state index contributed by atoms with van der Waals surface area (Å²) in [7, 11) is 0. The van der Waals surface area contributed by atoms with Gasteiger partial charge in [0.05, 0.1) is 0 Å². The van der Waals surface area contributed by atoms with E-state index in [2.05, 4.69) is 17.4 Å². The van der Waals surface area contributed by atoms with E-state index < -0.39 is 0 Å². The summed E-state index contributed by atoms with van der Waals surface area (Å²) in [5.41, 5.74) is 3.19. The van der Waals surface area contributed by atoms with E-state index in [9.17, 15) is 4.79 Å². The van der Waals surface area contributed by atoms with E-state index in [1.807, 2.05) is 12.1 Å². The van der Waals surface area contributed by atoms with E-state index in [1.165, 1.54) is 62.5 Å². The fourth-order valence-corrected chi connectivity index (χ4v) is 7.23. The van der Waals surface area contributed by atoms with Gasteiger partial charge < -0.3 is 14.5 Å². The van der Waals surface area contributed by atoms with E-state index in [1.54, 1.807) is 6.07 Å². The zero-order valence-electron chi connectivity index (χ0n) is 17.6. The molecule has 1 N–H and O–H groups in total. The number of aryl methyl sites for hydroxylation is 2. The minimum atomic E-state index is -0.0884. The molecule has 5 aliphatic rings. The molecule has 30 heavy (non-hydrogen) atoms. The third-order valence-electron chi connectivity index (χ3n) is 8.13. The number of carbonyl (C=O) groups excluding carboxylic acids is 1. The topological polar surface area (TPSA) is 51.5 Å². The van der Waals surface area contributed by atoms with E-state index in [0.717, 1.165) is 36.5 Å². The van der Waals surface area contributed by atoms with Crippen molar-refractivity contribution in [3.63, 3.8) is 0 Å². The Balaban J connectivity index is 1.05. The average molecular weight is 406 g/mol. The van der Waals surface area contributed by atoms with Crippen molar-refractivity contribution < 1.29 is 13.9 Å². The Morgan fingerprint density at radius 1 is 1.00 bits per heavy atom. The summed E-state index contributed by atoms with van der Waals surface area (Å²) >= 11 is 0. The molecular weight excluding hydrogens is 374 g/mol. The Morgan fingerprint density at radius 3 is 2.50 bits per heavy atom. The number of rotatable bonds is 6. The predicted octanol–water partition coefficient (Wildman–Crippen LogP) is 5.29. The molecule has 158 valence electrons. The lowest BCUT2D eigenvalue weighted by molar-refractivity contribution is -0.0504. The van der Waals surface area contributed by atoms with Crippen LogP contribution in [0.2, 0.25) is 0 Å². The van der Waals surface area contributed by atoms with Gasteiger partial charge in [-0.25, -0.2) is 0 Å². The third-order valence-corrected chi connectivity index (χ3v) is 8.13. The van der Waals surface area contributed by atoms with Crippen molar-refractivity contribution in [3.05, 3.63) is 53.0 Å². The van der Waals surface area contributed by atoms with Gasteiger partial charge in [0, 0.05) is 6.54 Å². The second kappa shape index (κ2) is 7.18. The zero-order valence-corrected chi connectivity index (χ0v) is 17.6. The maximum Gasteiger partial charge on any atom is 0.287 e. The highest BCUT2D eigenvalue weighted by molar-refractivity contribution is 5.91. The summed E-state index contributed by atoms with van der Waals surface area (Å²) in [5, 5.41) is 3.20. The number of furan rings is 1. The number of nitrogens with one attached hydrogen (secondary N) is 1. The first-order valence-electron chi connectivity index (χ1n) is 11.8. The molecule has 4 fully saturated rings. The number of hydrogen-bond donors (Lipinski definition) is 1. The summed E-state index contributed by atoms with van der Waals surface area (Å²) in [6.45, 7) is 1.15. The minimum Gasteiger partial charge on any atom is -0.486 e. The van der Waals surface area contributed by atoms with Crippen LogP contribution in [0.25, 0.3) is 0 Å². The lowest BCUT2D eigenvalue weighted by Gasteiger charge is -2.56. The SMILES string of the molecule is O=C(NCC12CC3CC(CC(C3)C1)C2)c1ccc(COc2ccc3c(c2)CCC3)o1. The highest BCUT2D eigenvalue weighted by Crippen LogP contribution is 2.59. The van der Waals surface area contributed by atoms with Gasteiger partial charge in [0.25, 0.3) is 5.91 Å². The molecule has 4 heteroatoms. The first-order valence-corrected chi connectivity index (χ1v) is 11.8. The van der Waals surface area contributed by atoms with Gasteiger partial charge in [0.15, 0.2) is 5.76 Å². The Bertz CT molecular complexity index is 924. The lowest BCUT2D eigenvalue weighted by Crippen LogP contribution is -2.51. The molecular formula is C26H31NO3. The fraction of sp³-hybridized carbons (Fsp3) is 0.577. The minimum absolute atomic E-state index is 0.0884. The molecule has 0 saturated heterocycles. The standard InChI is InChI=1S/C26H31NO3/c28-25(27-16-26-12-17-8-18(13-26)10-19(9-17)14-26)24-7-6-23(30-24)15-29-22-5-4-20-2-1-3-21(20)11-22/h4-7,11,17-19H,1-3,8-10,12-16H2,(H,27,28). The second-order valence-corrected chi connectivity index (χ2v) is 10.4. The maximum absolute atomic E-state index is 12.7. The van der Waals surface area contributed by atoms with Crippen molar-refractivity contribution in [2.75, 3.05) is 6.54 Å². The Morgan fingerprint density at radius 2 is 1.73 bits per heavy atom. The molecule has 7 rings (SSSR count). The van der Waals surface area contributed by atoms with Crippen molar-refractivity contribution in [2.24, 2.45) is 23.2 Å². The summed E-state index contributed by atoms with van der Waals surface area (Å²) in [5.74, 6) is 4.58. The van der Waals surface area contributed by atoms with Crippen molar-refractivity contribution in [1.82, 2.24) is 5.32 Å². The Hall–Kier alpha value is -2.23. The molecule has 4 saturated carbocycles. The van der Waals surface area contributed by atoms with Gasteiger partial charge in [-0.15, -0.1) is 0 Å². The molecule has 1 amide bonds. The van der Waals surface area contributed by atoms with E-state index in [4.69, 9.17) is 9.15 Å². The molecule has 0 aliphatic heterocycles. The third kappa shape index (κ3) is 3.44. The molecule has 4 nitrogen and oxygen atoms in total. The molecule has 0 unspecified atom stereocenters. The first kappa shape index (κ1) is 18.5. The van der Waals surface area contributed by atoms with Gasteiger partial charge >= 0.3 is 0 Å². The molecule has 0 radical (unpaired) electrons. The normalized spacial score (nSPS) is 31.0. The molecule has 5 aliphatic carbocycles. The van der Waals surface area contributed by atoms with Crippen LogP contribution in [0.1, 0.15) is 72.4 Å². The van der Waals surface area contributed by atoms with Crippen molar-refractivity contribution in [2.45, 2.75) is 64.4 Å². The fourth-order valence-electron chi connectivity index (χ4n) is 7.23. The van der Waals surface area contributed by atoms with Crippen molar-refractivity contribution in [1.29, 1.82) is 0 Å². The predicted molar refractivity (Wildman–Crippen MR) is 114 cm³/mol. The highest BCUT2D eigenvalue weighted by Gasteiger charge is 2.50. The smallest absolute Gasteiger partial charge is 0.287 e. The van der Waals surface area contributed by atoms with Crippen LogP contribution in [-0.2, 0) is 19.4 Å². The van der Waals surface area contributed by atoms with Crippen LogP contribution < -0.4 is 10.1 Å². The first-order chi connectivity index (χ1) is 14.6. The van der Waals surface area contributed by atoms with Crippen molar-refractivity contribution in [3.8, 4) is 5.75 Å². The van der Waals surface area contributed by atoms with Crippen LogP contribution in [-0.4, -0.2) is 12.5 Å². The molecule has 4 bridgehead atoms. The Labute approximate surface area is 178 Å². The number of benzene rings is 1. The van der Waals surface area contributed by atoms with Gasteiger partial charge in [-0.2, -0.15) is 0 Å². The summed E-state index contributed by atoms with van der Waals surface area (Å²) in [4.78, 5) is 12.7. The number of fused-ring (bicyclic) bond motifs is 1. The largest absolute Gasteiger partial charge is 0.486 e. The quantitative estimate of drug-likeness (QED) is 0.710. The van der Waals surface area contributed by atoms with Crippen LogP contribution in [0, 0.1) is 23.2 Å². The van der Waals surface area contributed by atoms with Crippen molar-refractivity contribution >= 4 is 5.91 Å². The summed E-state index contributed by atoms with van der Waals surface area (Å²) in [6.07, 6.45) is 11.7. The summed E-state index contributed by atoms with van der Waals surface area (Å²) < 4.78 is 11.7. The summed E-state index contributed by atoms with van der Waals surface area (Å²) in [6, 6.07) is 9.98. The molecule has 2 aromatic rings. The monoisotopic (exact) mass is 405 g/mol. The average Bonchev–Trinajstić information content (AvgIpc) is 3.38. The van der Waals surface area contributed by atoms with E-state index in [0.29, 0.717) is 23.5 Å². The van der Waals surface area contributed by atoms with Crippen LogP contribution in [0.3, 0.4) is 0 Å². The van der Waals surface area contributed by atoms with E-state index in [-0.39, 0.29) is 5.91 Å². The van der Waals surface area contributed by atoms with Gasteiger partial charge in [-0.1, -0.05) is 6.07 Å². The molecule has 1 aromatic heterocycles. The van der Waals surface area contributed by atoms with Gasteiger partial charge in [-0.05, 0) is 116 Å². The number of carbonyl (C=O) groups is 1. The van der Waals surface area contributed by atoms with Gasteiger partial charge in [0.1, 0.15) is 18.1 Å². The maximum atomic E-state index is 12.7. The number of ether oxygens (including phenoxy) is 1.